The van der Waals surface area contributed by atoms with Crippen LogP contribution in [0.3, 0.4) is 0 Å². The van der Waals surface area contributed by atoms with E-state index in [0.29, 0.717) is 0 Å². The first-order chi connectivity index (χ1) is 6.77. The van der Waals surface area contributed by atoms with Crippen molar-refractivity contribution in [2.75, 3.05) is 0 Å². The summed E-state index contributed by atoms with van der Waals surface area (Å²) in [6, 6.07) is -2.80. The molecule has 0 aliphatic carbocycles. The van der Waals surface area contributed by atoms with E-state index in [1.54, 1.807) is 0 Å². The molecule has 0 aliphatic rings. The Morgan fingerprint density at radius 1 is 1.20 bits per heavy atom. The summed E-state index contributed by atoms with van der Waals surface area (Å²) in [4.78, 5) is 32.0. The lowest BCUT2D eigenvalue weighted by molar-refractivity contribution is -0.140. The minimum absolute atomic E-state index is 0.581. The summed E-state index contributed by atoms with van der Waals surface area (Å²) in [7, 11) is 0. The largest absolute Gasteiger partial charge is 0.481 e. The summed E-state index contributed by atoms with van der Waals surface area (Å²) >= 11 is 3.69. The predicted octanol–water partition coefficient (Wildman–Crippen LogP) is -1.93. The van der Waals surface area contributed by atoms with Crippen LogP contribution in [0.25, 0.3) is 0 Å². The molecule has 0 aromatic rings. The van der Waals surface area contributed by atoms with Gasteiger partial charge in [0.25, 0.3) is 0 Å². The van der Waals surface area contributed by atoms with E-state index >= 15 is 0 Å². The molecule has 8 heteroatoms. The van der Waals surface area contributed by atoms with E-state index in [-0.39, 0.29) is 0 Å². The second-order valence-electron chi connectivity index (χ2n) is 2.92. The Bertz CT molecular complexity index is 283. The maximum absolute atomic E-state index is 11.3. The molecule has 0 aromatic carbocycles. The lowest BCUT2D eigenvalue weighted by Gasteiger charge is -2.17. The first-order valence-electron chi connectivity index (χ1n) is 3.95. The van der Waals surface area contributed by atoms with Gasteiger partial charge in [0.05, 0.1) is 17.7 Å². The molecule has 0 fully saturated rings. The molecule has 0 aliphatic heterocycles. The molecule has 86 valence electrons. The minimum atomic E-state index is -1.50. The third-order valence-corrected chi connectivity index (χ3v) is 2.25. The van der Waals surface area contributed by atoms with Crippen molar-refractivity contribution in [2.24, 2.45) is 11.5 Å². The van der Waals surface area contributed by atoms with Gasteiger partial charge in [-0.25, -0.2) is 0 Å². The van der Waals surface area contributed by atoms with Gasteiger partial charge in [-0.15, -0.1) is 0 Å². The molecule has 2 unspecified atom stereocenters. The van der Waals surface area contributed by atoms with E-state index in [0.717, 1.165) is 0 Å². The maximum Gasteiger partial charge on any atom is 0.322 e. The van der Waals surface area contributed by atoms with Crippen LogP contribution in [-0.2, 0) is 14.4 Å². The van der Waals surface area contributed by atoms with Crippen LogP contribution in [0.5, 0.6) is 0 Å². The third kappa shape index (κ3) is 4.28. The number of rotatable bonds is 6. The number of carboxylic acid groups (broad SMARTS) is 2. The number of aliphatic carboxylic acids is 2. The Labute approximate surface area is 90.8 Å². The average molecular weight is 236 g/mol. The fraction of sp³-hybridized carbons (Fsp3) is 0.571. The van der Waals surface area contributed by atoms with Gasteiger partial charge in [0.2, 0.25) is 0 Å². The number of Topliss-reactive ketones (excluding diaryl/α,β-unsaturated/α-hetero) is 1. The van der Waals surface area contributed by atoms with Crippen molar-refractivity contribution in [1.29, 1.82) is 0 Å². The second-order valence-corrected chi connectivity index (χ2v) is 3.47. The number of hydrogen-bond acceptors (Lipinski definition) is 6. The Morgan fingerprint density at radius 3 is 2.00 bits per heavy atom. The van der Waals surface area contributed by atoms with Gasteiger partial charge in [0.15, 0.2) is 5.78 Å². The van der Waals surface area contributed by atoms with Gasteiger partial charge in [-0.1, -0.05) is 0 Å². The number of carbonyl (C=O) groups excluding carboxylic acids is 1. The molecule has 6 N–H and O–H groups in total. The van der Waals surface area contributed by atoms with E-state index in [1.807, 2.05) is 0 Å². The molecule has 0 amide bonds. The van der Waals surface area contributed by atoms with Crippen LogP contribution in [0.15, 0.2) is 0 Å². The van der Waals surface area contributed by atoms with Gasteiger partial charge in [-0.2, -0.15) is 12.6 Å². The predicted molar refractivity (Wildman–Crippen MR) is 53.6 cm³/mol. The molecule has 0 saturated heterocycles. The molecule has 0 radical (unpaired) electrons. The SMILES string of the molecule is NC(CC(=O)O)C(=O)C(S)[C@H](N)C(=O)O. The number of nitrogens with two attached hydrogens (primary N) is 2. The van der Waals surface area contributed by atoms with E-state index in [2.05, 4.69) is 12.6 Å². The van der Waals surface area contributed by atoms with Crippen molar-refractivity contribution < 1.29 is 24.6 Å². The standard InChI is InChI=1S/C7H12N2O5S/c8-2(1-3(10)11)5(12)6(15)4(9)7(13)14/h2,4,6,15H,1,8-9H2,(H,10,11)(H,13,14)/t2?,4-,6?/m0/s1. The topological polar surface area (TPSA) is 144 Å². The fourth-order valence-electron chi connectivity index (χ4n) is 0.820. The van der Waals surface area contributed by atoms with Gasteiger partial charge in [0, 0.05) is 0 Å². The zero-order chi connectivity index (χ0) is 12.2. The Kier molecular flexibility index (Phi) is 5.26. The zero-order valence-electron chi connectivity index (χ0n) is 7.66. The normalized spacial score (nSPS) is 16.5. The van der Waals surface area contributed by atoms with Crippen molar-refractivity contribution in [3.05, 3.63) is 0 Å². The van der Waals surface area contributed by atoms with Crippen molar-refractivity contribution >= 4 is 30.4 Å². The molecular weight excluding hydrogens is 224 g/mol. The molecule has 7 nitrogen and oxygen atoms in total. The van der Waals surface area contributed by atoms with Gasteiger partial charge in [-0.05, 0) is 0 Å². The highest BCUT2D eigenvalue weighted by atomic mass is 32.1. The van der Waals surface area contributed by atoms with Gasteiger partial charge in [0.1, 0.15) is 6.04 Å². The molecule has 0 bridgehead atoms. The van der Waals surface area contributed by atoms with Crippen molar-refractivity contribution in [3.8, 4) is 0 Å². The summed E-state index contributed by atoms with van der Waals surface area (Å²) < 4.78 is 0. The molecule has 3 atom stereocenters. The number of hydrogen-bond donors (Lipinski definition) is 5. The molecule has 0 heterocycles. The highest BCUT2D eigenvalue weighted by Gasteiger charge is 2.31. The van der Waals surface area contributed by atoms with E-state index in [1.165, 1.54) is 0 Å². The Hall–Kier alpha value is -1.12. The average Bonchev–Trinajstić information content (AvgIpc) is 2.13. The highest BCUT2D eigenvalue weighted by molar-refractivity contribution is 7.82. The number of carboxylic acids is 2. The fourth-order valence-corrected chi connectivity index (χ4v) is 1.14. The lowest BCUT2D eigenvalue weighted by atomic mass is 10.0. The molecule has 0 spiro atoms. The molecule has 0 saturated carbocycles. The summed E-state index contributed by atoms with van der Waals surface area (Å²) in [5, 5.41) is 15.5. The van der Waals surface area contributed by atoms with Crippen LogP contribution in [0.4, 0.5) is 0 Å². The van der Waals surface area contributed by atoms with Gasteiger partial charge >= 0.3 is 11.9 Å². The summed E-state index contributed by atoms with van der Waals surface area (Å²) in [6.45, 7) is 0. The second kappa shape index (κ2) is 5.69. The van der Waals surface area contributed by atoms with Crippen LogP contribution in [0.2, 0.25) is 0 Å². The van der Waals surface area contributed by atoms with Crippen molar-refractivity contribution in [1.82, 2.24) is 0 Å². The quantitative estimate of drug-likeness (QED) is 0.338. The number of carbonyl (C=O) groups is 3. The van der Waals surface area contributed by atoms with Crippen LogP contribution >= 0.6 is 12.6 Å². The molecule has 0 rings (SSSR count). The molecular formula is C7H12N2O5S. The van der Waals surface area contributed by atoms with Gasteiger partial charge < -0.3 is 21.7 Å². The summed E-state index contributed by atoms with van der Waals surface area (Å²) in [5.41, 5.74) is 10.4. The Morgan fingerprint density at radius 2 is 1.67 bits per heavy atom. The maximum atomic E-state index is 11.3. The number of thiol groups is 1. The smallest absolute Gasteiger partial charge is 0.322 e. The minimum Gasteiger partial charge on any atom is -0.481 e. The third-order valence-electron chi connectivity index (χ3n) is 1.68. The zero-order valence-corrected chi connectivity index (χ0v) is 8.55. The Balaban J connectivity index is 4.43. The lowest BCUT2D eigenvalue weighted by Crippen LogP contribution is -2.49. The van der Waals surface area contributed by atoms with Crippen molar-refractivity contribution in [3.63, 3.8) is 0 Å². The number of ketones is 1. The van der Waals surface area contributed by atoms with E-state index < -0.39 is 41.5 Å². The molecule has 15 heavy (non-hydrogen) atoms. The summed E-state index contributed by atoms with van der Waals surface area (Å²) in [6.07, 6.45) is -0.581. The van der Waals surface area contributed by atoms with E-state index in [4.69, 9.17) is 21.7 Å². The summed E-state index contributed by atoms with van der Waals surface area (Å²) in [5.74, 6) is -3.44. The van der Waals surface area contributed by atoms with Crippen LogP contribution in [0.1, 0.15) is 6.42 Å². The van der Waals surface area contributed by atoms with E-state index in [9.17, 15) is 14.4 Å². The first-order valence-corrected chi connectivity index (χ1v) is 4.46. The van der Waals surface area contributed by atoms with Crippen LogP contribution in [0, 0.1) is 0 Å². The first kappa shape index (κ1) is 13.9. The van der Waals surface area contributed by atoms with Crippen LogP contribution in [-0.4, -0.2) is 45.3 Å². The highest BCUT2D eigenvalue weighted by Crippen LogP contribution is 2.06. The monoisotopic (exact) mass is 236 g/mol. The van der Waals surface area contributed by atoms with Crippen molar-refractivity contribution in [2.45, 2.75) is 23.8 Å². The molecule has 0 aromatic heterocycles. The van der Waals surface area contributed by atoms with Gasteiger partial charge in [-0.3, -0.25) is 14.4 Å². The van der Waals surface area contributed by atoms with Crippen LogP contribution < -0.4 is 11.5 Å².